The van der Waals surface area contributed by atoms with Crippen LogP contribution in [0.3, 0.4) is 0 Å². The maximum absolute atomic E-state index is 13.7. The summed E-state index contributed by atoms with van der Waals surface area (Å²) in [4.78, 5) is 12.2. The Labute approximate surface area is 135 Å². The molecule has 0 spiro atoms. The van der Waals surface area contributed by atoms with Gasteiger partial charge >= 0.3 is 0 Å². The molecular formula is C15H18Br2FNO. The van der Waals surface area contributed by atoms with Gasteiger partial charge in [-0.2, -0.15) is 0 Å². The summed E-state index contributed by atoms with van der Waals surface area (Å²) in [5.41, 5.74) is 0.207. The van der Waals surface area contributed by atoms with Gasteiger partial charge in [-0.25, -0.2) is 4.39 Å². The number of hydrogen-bond acceptors (Lipinski definition) is 1. The van der Waals surface area contributed by atoms with E-state index in [2.05, 4.69) is 37.2 Å². The van der Waals surface area contributed by atoms with Crippen molar-refractivity contribution in [3.8, 4) is 0 Å². The zero-order valence-electron chi connectivity index (χ0n) is 11.2. The van der Waals surface area contributed by atoms with E-state index in [9.17, 15) is 9.18 Å². The monoisotopic (exact) mass is 405 g/mol. The lowest BCUT2D eigenvalue weighted by Gasteiger charge is -2.35. The molecule has 0 aromatic heterocycles. The Morgan fingerprint density at radius 1 is 1.30 bits per heavy atom. The fraction of sp³-hybridized carbons (Fsp3) is 0.533. The third kappa shape index (κ3) is 3.61. The van der Waals surface area contributed by atoms with Crippen molar-refractivity contribution < 1.29 is 9.18 Å². The quantitative estimate of drug-likeness (QED) is 0.723. The summed E-state index contributed by atoms with van der Waals surface area (Å²) in [6.45, 7) is 0.595. The molecule has 1 fully saturated rings. The van der Waals surface area contributed by atoms with Gasteiger partial charge in [-0.15, -0.1) is 0 Å². The molecule has 20 heavy (non-hydrogen) atoms. The Bertz CT molecular complexity index is 467. The van der Waals surface area contributed by atoms with Crippen molar-refractivity contribution in [2.45, 2.75) is 32.1 Å². The van der Waals surface area contributed by atoms with Gasteiger partial charge in [0.05, 0.1) is 5.56 Å². The van der Waals surface area contributed by atoms with Crippen molar-refractivity contribution >= 4 is 37.8 Å². The normalized spacial score (nSPS) is 17.8. The molecule has 2 nitrogen and oxygen atoms in total. The average molecular weight is 407 g/mol. The van der Waals surface area contributed by atoms with Crippen LogP contribution in [0.1, 0.15) is 42.5 Å². The first-order valence-corrected chi connectivity index (χ1v) is 8.78. The van der Waals surface area contributed by atoms with Crippen molar-refractivity contribution in [3.63, 3.8) is 0 Å². The van der Waals surface area contributed by atoms with Crippen molar-refractivity contribution in [1.82, 2.24) is 5.32 Å². The molecule has 0 unspecified atom stereocenters. The zero-order valence-corrected chi connectivity index (χ0v) is 14.4. The molecule has 0 atom stereocenters. The van der Waals surface area contributed by atoms with E-state index in [1.165, 1.54) is 25.3 Å². The number of halogens is 3. The van der Waals surface area contributed by atoms with E-state index in [1.807, 2.05) is 0 Å². The van der Waals surface area contributed by atoms with Crippen LogP contribution in [0.4, 0.5) is 4.39 Å². The second-order valence-electron chi connectivity index (χ2n) is 5.47. The van der Waals surface area contributed by atoms with E-state index >= 15 is 0 Å². The first kappa shape index (κ1) is 16.0. The summed E-state index contributed by atoms with van der Waals surface area (Å²) < 4.78 is 14.2. The molecule has 0 aliphatic heterocycles. The number of rotatable bonds is 4. The van der Waals surface area contributed by atoms with Crippen LogP contribution in [0.2, 0.25) is 0 Å². The van der Waals surface area contributed by atoms with Gasteiger partial charge in [0.25, 0.3) is 5.91 Å². The summed E-state index contributed by atoms with van der Waals surface area (Å²) in [6.07, 6.45) is 5.88. The standard InChI is InChI=1S/C15H18Br2FNO/c16-9-15(7-2-1-3-8-15)10-19-14(20)13-11(17)5-4-6-12(13)18/h4-6H,1-3,7-10H2,(H,19,20). The lowest BCUT2D eigenvalue weighted by atomic mass is 9.75. The van der Waals surface area contributed by atoms with Crippen LogP contribution < -0.4 is 5.32 Å². The van der Waals surface area contributed by atoms with Crippen LogP contribution in [0, 0.1) is 11.2 Å². The number of hydrogen-bond donors (Lipinski definition) is 1. The first-order chi connectivity index (χ1) is 9.58. The lowest BCUT2D eigenvalue weighted by molar-refractivity contribution is 0.0917. The average Bonchev–Trinajstić information content (AvgIpc) is 2.46. The van der Waals surface area contributed by atoms with Gasteiger partial charge in [-0.1, -0.05) is 41.3 Å². The predicted octanol–water partition coefficient (Wildman–Crippen LogP) is 4.66. The maximum Gasteiger partial charge on any atom is 0.255 e. The lowest BCUT2D eigenvalue weighted by Crippen LogP contribution is -2.40. The third-order valence-electron chi connectivity index (χ3n) is 4.01. The van der Waals surface area contributed by atoms with Crippen molar-refractivity contribution in [2.24, 2.45) is 5.41 Å². The number of carbonyl (C=O) groups is 1. The molecule has 1 aliphatic carbocycles. The molecule has 1 aromatic rings. The van der Waals surface area contributed by atoms with Crippen LogP contribution in [-0.4, -0.2) is 17.8 Å². The number of carbonyl (C=O) groups excluding carboxylic acids is 1. The fourth-order valence-electron chi connectivity index (χ4n) is 2.73. The predicted molar refractivity (Wildman–Crippen MR) is 85.7 cm³/mol. The highest BCUT2D eigenvalue weighted by molar-refractivity contribution is 9.10. The Hall–Kier alpha value is -0.420. The van der Waals surface area contributed by atoms with E-state index in [-0.39, 0.29) is 16.9 Å². The van der Waals surface area contributed by atoms with Gasteiger partial charge < -0.3 is 5.32 Å². The highest BCUT2D eigenvalue weighted by atomic mass is 79.9. The second kappa shape index (κ2) is 7.03. The number of amides is 1. The minimum atomic E-state index is -0.492. The number of benzene rings is 1. The molecule has 2 rings (SSSR count). The van der Waals surface area contributed by atoms with Crippen molar-refractivity contribution in [2.75, 3.05) is 11.9 Å². The second-order valence-corrected chi connectivity index (χ2v) is 6.89. The molecule has 1 N–H and O–H groups in total. The molecule has 1 aliphatic rings. The molecule has 1 amide bonds. The summed E-state index contributed by atoms with van der Waals surface area (Å²) in [7, 11) is 0. The van der Waals surface area contributed by atoms with Gasteiger partial charge in [-0.05, 0) is 46.3 Å². The topological polar surface area (TPSA) is 29.1 Å². The Morgan fingerprint density at radius 3 is 2.60 bits per heavy atom. The molecule has 1 aromatic carbocycles. The molecular weight excluding hydrogens is 389 g/mol. The molecule has 0 radical (unpaired) electrons. The number of alkyl halides is 1. The van der Waals surface area contributed by atoms with Gasteiger partial charge in [-0.3, -0.25) is 4.79 Å². The van der Waals surface area contributed by atoms with Gasteiger partial charge in [0.1, 0.15) is 5.82 Å². The van der Waals surface area contributed by atoms with Crippen LogP contribution in [0.5, 0.6) is 0 Å². The van der Waals surface area contributed by atoms with Crippen LogP contribution in [0.25, 0.3) is 0 Å². The Morgan fingerprint density at radius 2 is 2.00 bits per heavy atom. The van der Waals surface area contributed by atoms with Crippen LogP contribution in [0.15, 0.2) is 22.7 Å². The Balaban J connectivity index is 2.04. The minimum absolute atomic E-state index is 0.0908. The summed E-state index contributed by atoms with van der Waals surface area (Å²) >= 11 is 6.80. The fourth-order valence-corrected chi connectivity index (χ4v) is 4.01. The molecule has 110 valence electrons. The van der Waals surface area contributed by atoms with E-state index in [1.54, 1.807) is 12.1 Å². The smallest absolute Gasteiger partial charge is 0.255 e. The minimum Gasteiger partial charge on any atom is -0.351 e. The van der Waals surface area contributed by atoms with E-state index < -0.39 is 5.82 Å². The van der Waals surface area contributed by atoms with E-state index in [0.717, 1.165) is 18.2 Å². The molecule has 0 saturated heterocycles. The summed E-state index contributed by atoms with van der Waals surface area (Å²) in [5, 5.41) is 3.78. The number of nitrogens with one attached hydrogen (secondary N) is 1. The maximum atomic E-state index is 13.7. The van der Waals surface area contributed by atoms with Gasteiger partial charge in [0.2, 0.25) is 0 Å². The molecule has 0 bridgehead atoms. The van der Waals surface area contributed by atoms with Crippen LogP contribution >= 0.6 is 31.9 Å². The van der Waals surface area contributed by atoms with Crippen molar-refractivity contribution in [1.29, 1.82) is 0 Å². The SMILES string of the molecule is O=C(NCC1(CBr)CCCCC1)c1c(F)cccc1Br. The highest BCUT2D eigenvalue weighted by Gasteiger charge is 2.31. The highest BCUT2D eigenvalue weighted by Crippen LogP contribution is 2.37. The summed E-state index contributed by atoms with van der Waals surface area (Å²) in [6, 6.07) is 4.57. The largest absolute Gasteiger partial charge is 0.351 e. The third-order valence-corrected chi connectivity index (χ3v) is 5.86. The van der Waals surface area contributed by atoms with E-state index in [0.29, 0.717) is 11.0 Å². The molecule has 1 saturated carbocycles. The van der Waals surface area contributed by atoms with Gasteiger partial charge in [0, 0.05) is 16.3 Å². The van der Waals surface area contributed by atoms with Crippen LogP contribution in [-0.2, 0) is 0 Å². The van der Waals surface area contributed by atoms with Crippen molar-refractivity contribution in [3.05, 3.63) is 34.1 Å². The van der Waals surface area contributed by atoms with Gasteiger partial charge in [0.15, 0.2) is 0 Å². The molecule has 0 heterocycles. The summed E-state index contributed by atoms with van der Waals surface area (Å²) in [5.74, 6) is -0.839. The zero-order chi connectivity index (χ0) is 14.6. The first-order valence-electron chi connectivity index (χ1n) is 6.86. The Kier molecular flexibility index (Phi) is 5.61. The molecule has 5 heteroatoms. The van der Waals surface area contributed by atoms with E-state index in [4.69, 9.17) is 0 Å².